The normalized spacial score (nSPS) is 10.5. The first-order chi connectivity index (χ1) is 12.1. The highest BCUT2D eigenvalue weighted by molar-refractivity contribution is 5.90. The topological polar surface area (TPSA) is 77.2 Å². The maximum Gasteiger partial charge on any atom is 0.227 e. The Balaban J connectivity index is 1.56. The van der Waals surface area contributed by atoms with Gasteiger partial charge >= 0.3 is 0 Å². The van der Waals surface area contributed by atoms with Gasteiger partial charge in [-0.2, -0.15) is 4.98 Å². The Morgan fingerprint density at radius 1 is 1.20 bits per heavy atom. The highest BCUT2D eigenvalue weighted by atomic mass is 16.5. The number of aromatic nitrogens is 2. The Labute approximate surface area is 145 Å². The number of aryl methyl sites for hydroxylation is 2. The summed E-state index contributed by atoms with van der Waals surface area (Å²) in [5.74, 6) is 1.54. The van der Waals surface area contributed by atoms with E-state index in [0.29, 0.717) is 29.6 Å². The Morgan fingerprint density at radius 2 is 2.00 bits per heavy atom. The minimum atomic E-state index is -0.122. The molecule has 2 aromatic carbocycles. The van der Waals surface area contributed by atoms with Gasteiger partial charge in [-0.05, 0) is 19.1 Å². The lowest BCUT2D eigenvalue weighted by molar-refractivity contribution is -0.116. The molecule has 0 aliphatic carbocycles. The highest BCUT2D eigenvalue weighted by Crippen LogP contribution is 2.18. The molecule has 1 heterocycles. The van der Waals surface area contributed by atoms with Crippen molar-refractivity contribution in [2.24, 2.45) is 0 Å². The van der Waals surface area contributed by atoms with Crippen molar-refractivity contribution in [3.63, 3.8) is 0 Å². The molecule has 1 N–H and O–H groups in total. The standard InChI is InChI=1S/C19H19N3O3/c1-13-6-8-14(9-7-13)19-21-18(25-22-19)11-10-17(23)20-15-4-3-5-16(12-15)24-2/h3-9,12H,10-11H2,1-2H3,(H,20,23). The Hall–Kier alpha value is -3.15. The molecule has 0 atom stereocenters. The fourth-order valence-corrected chi connectivity index (χ4v) is 2.32. The monoisotopic (exact) mass is 337 g/mol. The van der Waals surface area contributed by atoms with Crippen molar-refractivity contribution in [2.45, 2.75) is 19.8 Å². The van der Waals surface area contributed by atoms with E-state index in [1.165, 1.54) is 5.56 Å². The second kappa shape index (κ2) is 7.61. The smallest absolute Gasteiger partial charge is 0.227 e. The number of anilines is 1. The van der Waals surface area contributed by atoms with Gasteiger partial charge in [0.1, 0.15) is 5.75 Å². The van der Waals surface area contributed by atoms with Gasteiger partial charge in [0.25, 0.3) is 0 Å². The molecule has 0 saturated carbocycles. The van der Waals surface area contributed by atoms with Gasteiger partial charge in [-0.15, -0.1) is 0 Å². The number of methoxy groups -OCH3 is 1. The van der Waals surface area contributed by atoms with Crippen LogP contribution in [0.1, 0.15) is 17.9 Å². The van der Waals surface area contributed by atoms with E-state index in [9.17, 15) is 4.79 Å². The molecule has 0 saturated heterocycles. The molecule has 1 aromatic heterocycles. The van der Waals surface area contributed by atoms with Gasteiger partial charge in [0, 0.05) is 30.2 Å². The number of nitrogens with zero attached hydrogens (tertiary/aromatic N) is 2. The number of carbonyl (C=O) groups excluding carboxylic acids is 1. The molecule has 0 fully saturated rings. The number of hydrogen-bond donors (Lipinski definition) is 1. The predicted octanol–water partition coefficient (Wildman–Crippen LogP) is 3.62. The van der Waals surface area contributed by atoms with E-state index in [1.54, 1.807) is 13.2 Å². The summed E-state index contributed by atoms with van der Waals surface area (Å²) >= 11 is 0. The molecule has 128 valence electrons. The van der Waals surface area contributed by atoms with Crippen LogP contribution in [0.5, 0.6) is 5.75 Å². The lowest BCUT2D eigenvalue weighted by Crippen LogP contribution is -2.12. The fourth-order valence-electron chi connectivity index (χ4n) is 2.32. The summed E-state index contributed by atoms with van der Waals surface area (Å²) in [6.45, 7) is 2.02. The maximum absolute atomic E-state index is 12.1. The molecule has 0 radical (unpaired) electrons. The third-order valence-corrected chi connectivity index (χ3v) is 3.70. The van der Waals surface area contributed by atoms with Crippen LogP contribution in [0.15, 0.2) is 53.1 Å². The predicted molar refractivity (Wildman–Crippen MR) is 94.4 cm³/mol. The molecule has 25 heavy (non-hydrogen) atoms. The van der Waals surface area contributed by atoms with Gasteiger partial charge < -0.3 is 14.6 Å². The van der Waals surface area contributed by atoms with E-state index in [1.807, 2.05) is 49.4 Å². The average Bonchev–Trinajstić information content (AvgIpc) is 3.10. The zero-order valence-corrected chi connectivity index (χ0v) is 14.2. The molecular weight excluding hydrogens is 318 g/mol. The summed E-state index contributed by atoms with van der Waals surface area (Å²) in [5, 5.41) is 6.79. The molecule has 6 heteroatoms. The molecule has 3 aromatic rings. The average molecular weight is 337 g/mol. The van der Waals surface area contributed by atoms with Crippen LogP contribution in [0.4, 0.5) is 5.69 Å². The van der Waals surface area contributed by atoms with Gasteiger partial charge in [0.05, 0.1) is 7.11 Å². The van der Waals surface area contributed by atoms with E-state index in [0.717, 1.165) is 5.56 Å². The quantitative estimate of drug-likeness (QED) is 0.743. The summed E-state index contributed by atoms with van der Waals surface area (Å²) in [6.07, 6.45) is 0.640. The first-order valence-corrected chi connectivity index (χ1v) is 7.97. The minimum absolute atomic E-state index is 0.122. The molecule has 0 aliphatic heterocycles. The molecule has 0 unspecified atom stereocenters. The van der Waals surface area contributed by atoms with E-state index in [4.69, 9.17) is 9.26 Å². The van der Waals surface area contributed by atoms with Gasteiger partial charge in [0.15, 0.2) is 0 Å². The number of hydrogen-bond acceptors (Lipinski definition) is 5. The Kier molecular flexibility index (Phi) is 5.09. The van der Waals surface area contributed by atoms with Crippen molar-refractivity contribution in [3.05, 3.63) is 60.0 Å². The zero-order valence-electron chi connectivity index (χ0n) is 14.2. The number of ether oxygens (including phenoxy) is 1. The van der Waals surface area contributed by atoms with E-state index < -0.39 is 0 Å². The number of nitrogens with one attached hydrogen (secondary N) is 1. The summed E-state index contributed by atoms with van der Waals surface area (Å²) in [4.78, 5) is 16.4. The lowest BCUT2D eigenvalue weighted by atomic mass is 10.1. The van der Waals surface area contributed by atoms with Crippen molar-refractivity contribution in [1.82, 2.24) is 10.1 Å². The lowest BCUT2D eigenvalue weighted by Gasteiger charge is -2.06. The third kappa shape index (κ3) is 4.44. The fraction of sp³-hybridized carbons (Fsp3) is 0.211. The molecule has 1 amide bonds. The number of carbonyl (C=O) groups is 1. The largest absolute Gasteiger partial charge is 0.497 e. The van der Waals surface area contributed by atoms with Crippen LogP contribution in [-0.4, -0.2) is 23.2 Å². The molecule has 6 nitrogen and oxygen atoms in total. The van der Waals surface area contributed by atoms with Crippen LogP contribution < -0.4 is 10.1 Å². The van der Waals surface area contributed by atoms with Crippen LogP contribution in [0.3, 0.4) is 0 Å². The van der Waals surface area contributed by atoms with Crippen LogP contribution in [-0.2, 0) is 11.2 Å². The summed E-state index contributed by atoms with van der Waals surface area (Å²) < 4.78 is 10.4. The first-order valence-electron chi connectivity index (χ1n) is 7.97. The van der Waals surface area contributed by atoms with Crippen molar-refractivity contribution < 1.29 is 14.1 Å². The number of benzene rings is 2. The van der Waals surface area contributed by atoms with Gasteiger partial charge in [-0.3, -0.25) is 4.79 Å². The summed E-state index contributed by atoms with van der Waals surface area (Å²) in [5.41, 5.74) is 2.75. The van der Waals surface area contributed by atoms with Gasteiger partial charge in [-0.1, -0.05) is 41.1 Å². The van der Waals surface area contributed by atoms with Crippen molar-refractivity contribution in [2.75, 3.05) is 12.4 Å². The zero-order chi connectivity index (χ0) is 17.6. The van der Waals surface area contributed by atoms with Crippen LogP contribution in [0, 0.1) is 6.92 Å². The Bertz CT molecular complexity index is 856. The molecule has 0 bridgehead atoms. The molecular formula is C19H19N3O3. The van der Waals surface area contributed by atoms with Crippen molar-refractivity contribution >= 4 is 11.6 Å². The van der Waals surface area contributed by atoms with Crippen molar-refractivity contribution in [1.29, 1.82) is 0 Å². The Morgan fingerprint density at radius 3 is 2.76 bits per heavy atom. The summed E-state index contributed by atoms with van der Waals surface area (Å²) in [6, 6.07) is 15.1. The second-order valence-corrected chi connectivity index (χ2v) is 5.66. The summed E-state index contributed by atoms with van der Waals surface area (Å²) in [7, 11) is 1.59. The number of amides is 1. The van der Waals surface area contributed by atoms with E-state index >= 15 is 0 Å². The third-order valence-electron chi connectivity index (χ3n) is 3.70. The first kappa shape index (κ1) is 16.7. The van der Waals surface area contributed by atoms with Crippen LogP contribution in [0.2, 0.25) is 0 Å². The molecule has 0 aliphatic rings. The SMILES string of the molecule is COc1cccc(NC(=O)CCc2nc(-c3ccc(C)cc3)no2)c1. The van der Waals surface area contributed by atoms with E-state index in [-0.39, 0.29) is 12.3 Å². The maximum atomic E-state index is 12.1. The van der Waals surface area contributed by atoms with Crippen LogP contribution >= 0.6 is 0 Å². The number of rotatable bonds is 6. The van der Waals surface area contributed by atoms with Gasteiger partial charge in [-0.25, -0.2) is 0 Å². The van der Waals surface area contributed by atoms with Crippen molar-refractivity contribution in [3.8, 4) is 17.1 Å². The van der Waals surface area contributed by atoms with Crippen LogP contribution in [0.25, 0.3) is 11.4 Å². The molecule has 0 spiro atoms. The van der Waals surface area contributed by atoms with Gasteiger partial charge in [0.2, 0.25) is 17.6 Å². The van der Waals surface area contributed by atoms with E-state index in [2.05, 4.69) is 15.5 Å². The molecule has 3 rings (SSSR count). The second-order valence-electron chi connectivity index (χ2n) is 5.66. The minimum Gasteiger partial charge on any atom is -0.497 e. The highest BCUT2D eigenvalue weighted by Gasteiger charge is 2.11.